The van der Waals surface area contributed by atoms with E-state index in [0.717, 1.165) is 0 Å². The van der Waals surface area contributed by atoms with Crippen LogP contribution in [0.2, 0.25) is 0 Å². The van der Waals surface area contributed by atoms with Gasteiger partial charge in [-0.1, -0.05) is 0 Å². The van der Waals surface area contributed by atoms with Gasteiger partial charge in [-0.2, -0.15) is 4.31 Å². The lowest BCUT2D eigenvalue weighted by molar-refractivity contribution is -0.128. The molecule has 1 heterocycles. The fourth-order valence-electron chi connectivity index (χ4n) is 1.84. The van der Waals surface area contributed by atoms with E-state index in [1.54, 1.807) is 14.1 Å². The predicted molar refractivity (Wildman–Crippen MR) is 73.4 cm³/mol. The zero-order valence-electron chi connectivity index (χ0n) is 11.2. The Bertz CT molecular complexity index is 386. The molecule has 0 spiro atoms. The van der Waals surface area contributed by atoms with E-state index >= 15 is 0 Å². The van der Waals surface area contributed by atoms with E-state index in [0.29, 0.717) is 19.6 Å². The number of nitrogens with zero attached hydrogens (tertiary/aromatic N) is 2. The average Bonchev–Trinajstić information content (AvgIpc) is 2.26. The molecule has 1 aliphatic rings. The SMILES string of the molecule is CC(C(=O)N(C)C)S(=O)(=O)N1CCN[C@@H](C)C1.Cl. The zero-order valence-corrected chi connectivity index (χ0v) is 12.8. The molecule has 1 aliphatic heterocycles. The van der Waals surface area contributed by atoms with E-state index in [9.17, 15) is 13.2 Å². The molecule has 0 aromatic rings. The first-order valence-corrected chi connectivity index (χ1v) is 7.20. The van der Waals surface area contributed by atoms with Crippen molar-refractivity contribution in [1.29, 1.82) is 0 Å². The van der Waals surface area contributed by atoms with Crippen LogP contribution in [0.15, 0.2) is 0 Å². The van der Waals surface area contributed by atoms with Crippen molar-refractivity contribution in [3.8, 4) is 0 Å². The molecular formula is C10H22ClN3O3S. The maximum Gasteiger partial charge on any atom is 0.241 e. The Balaban J connectivity index is 0.00000289. The summed E-state index contributed by atoms with van der Waals surface area (Å²) in [5, 5.41) is 2.16. The van der Waals surface area contributed by atoms with Gasteiger partial charge < -0.3 is 10.2 Å². The third-order valence-corrected chi connectivity index (χ3v) is 5.07. The summed E-state index contributed by atoms with van der Waals surface area (Å²) in [7, 11) is -0.409. The normalized spacial score (nSPS) is 23.0. The molecule has 1 amide bonds. The van der Waals surface area contributed by atoms with Gasteiger partial charge in [-0.15, -0.1) is 12.4 Å². The van der Waals surface area contributed by atoms with Gasteiger partial charge in [0.15, 0.2) is 5.25 Å². The van der Waals surface area contributed by atoms with Crippen LogP contribution in [-0.2, 0) is 14.8 Å². The van der Waals surface area contributed by atoms with Gasteiger partial charge in [-0.3, -0.25) is 4.79 Å². The number of hydrogen-bond acceptors (Lipinski definition) is 4. The first-order valence-electron chi connectivity index (χ1n) is 5.70. The van der Waals surface area contributed by atoms with E-state index in [4.69, 9.17) is 0 Å². The summed E-state index contributed by atoms with van der Waals surface area (Å²) in [6, 6.07) is 0.125. The summed E-state index contributed by atoms with van der Waals surface area (Å²) in [5.41, 5.74) is 0. The second kappa shape index (κ2) is 6.70. The van der Waals surface area contributed by atoms with E-state index in [1.807, 2.05) is 6.92 Å². The van der Waals surface area contributed by atoms with Gasteiger partial charge in [0.1, 0.15) is 0 Å². The molecule has 18 heavy (non-hydrogen) atoms. The molecule has 0 saturated carbocycles. The molecular weight excluding hydrogens is 278 g/mol. The fourth-order valence-corrected chi connectivity index (χ4v) is 3.53. The minimum atomic E-state index is -3.54. The Kier molecular flexibility index (Phi) is 6.56. The number of hydrogen-bond donors (Lipinski definition) is 1. The van der Waals surface area contributed by atoms with Crippen LogP contribution < -0.4 is 5.32 Å². The number of piperazine rings is 1. The van der Waals surface area contributed by atoms with Crippen molar-refractivity contribution in [3.05, 3.63) is 0 Å². The summed E-state index contributed by atoms with van der Waals surface area (Å²) in [6.45, 7) is 4.86. The Morgan fingerprint density at radius 2 is 2.00 bits per heavy atom. The van der Waals surface area contributed by atoms with Crippen molar-refractivity contribution in [2.45, 2.75) is 25.1 Å². The van der Waals surface area contributed by atoms with E-state index in [2.05, 4.69) is 5.32 Å². The van der Waals surface area contributed by atoms with Gasteiger partial charge in [-0.25, -0.2) is 8.42 Å². The van der Waals surface area contributed by atoms with Crippen LogP contribution >= 0.6 is 12.4 Å². The van der Waals surface area contributed by atoms with Crippen molar-refractivity contribution >= 4 is 28.3 Å². The minimum absolute atomic E-state index is 0. The van der Waals surface area contributed by atoms with E-state index in [-0.39, 0.29) is 24.4 Å². The molecule has 1 N–H and O–H groups in total. The Morgan fingerprint density at radius 1 is 1.44 bits per heavy atom. The molecule has 1 unspecified atom stereocenters. The van der Waals surface area contributed by atoms with Gasteiger partial charge >= 0.3 is 0 Å². The third-order valence-electron chi connectivity index (χ3n) is 2.93. The second-order valence-electron chi connectivity index (χ2n) is 4.63. The van der Waals surface area contributed by atoms with E-state index in [1.165, 1.54) is 16.1 Å². The van der Waals surface area contributed by atoms with Gasteiger partial charge in [0.05, 0.1) is 0 Å². The first-order chi connectivity index (χ1) is 7.76. The lowest BCUT2D eigenvalue weighted by Gasteiger charge is -2.33. The summed E-state index contributed by atoms with van der Waals surface area (Å²) in [5.74, 6) is -0.379. The molecule has 0 radical (unpaired) electrons. The quantitative estimate of drug-likeness (QED) is 0.763. The second-order valence-corrected chi connectivity index (χ2v) is 6.89. The molecule has 1 fully saturated rings. The number of sulfonamides is 1. The van der Waals surface area contributed by atoms with Crippen LogP contribution in [0, 0.1) is 0 Å². The Morgan fingerprint density at radius 3 is 2.44 bits per heavy atom. The Labute approximate surface area is 115 Å². The number of rotatable bonds is 3. The molecule has 1 rings (SSSR count). The van der Waals surface area contributed by atoms with Crippen molar-refractivity contribution in [2.24, 2.45) is 0 Å². The molecule has 2 atom stereocenters. The number of halogens is 1. The van der Waals surface area contributed by atoms with Crippen molar-refractivity contribution < 1.29 is 13.2 Å². The molecule has 1 saturated heterocycles. The lowest BCUT2D eigenvalue weighted by atomic mass is 10.3. The summed E-state index contributed by atoms with van der Waals surface area (Å²) >= 11 is 0. The summed E-state index contributed by atoms with van der Waals surface area (Å²) in [6.07, 6.45) is 0. The number of amides is 1. The summed E-state index contributed by atoms with van der Waals surface area (Å²) < 4.78 is 25.9. The van der Waals surface area contributed by atoms with Gasteiger partial charge in [0.2, 0.25) is 15.9 Å². The molecule has 6 nitrogen and oxygen atoms in total. The minimum Gasteiger partial charge on any atom is -0.348 e. The van der Waals surface area contributed by atoms with Crippen LogP contribution in [0.1, 0.15) is 13.8 Å². The fraction of sp³-hybridized carbons (Fsp3) is 0.900. The molecule has 0 aliphatic carbocycles. The van der Waals surface area contributed by atoms with Crippen molar-refractivity contribution in [3.63, 3.8) is 0 Å². The van der Waals surface area contributed by atoms with Crippen LogP contribution in [0.3, 0.4) is 0 Å². The monoisotopic (exact) mass is 299 g/mol. The maximum atomic E-state index is 12.2. The van der Waals surface area contributed by atoms with Crippen LogP contribution in [-0.4, -0.2) is 68.6 Å². The molecule has 0 aromatic heterocycles. The highest BCUT2D eigenvalue weighted by Crippen LogP contribution is 2.13. The topological polar surface area (TPSA) is 69.7 Å². The van der Waals surface area contributed by atoms with Crippen molar-refractivity contribution in [2.75, 3.05) is 33.7 Å². The van der Waals surface area contributed by atoms with E-state index < -0.39 is 15.3 Å². The largest absolute Gasteiger partial charge is 0.348 e. The van der Waals surface area contributed by atoms with Gasteiger partial charge in [0, 0.05) is 39.8 Å². The maximum absolute atomic E-state index is 12.2. The number of carbonyl (C=O) groups excluding carboxylic acids is 1. The highest BCUT2D eigenvalue weighted by Gasteiger charge is 2.36. The predicted octanol–water partition coefficient (Wildman–Crippen LogP) is -0.492. The third kappa shape index (κ3) is 3.81. The smallest absolute Gasteiger partial charge is 0.241 e. The van der Waals surface area contributed by atoms with Crippen LogP contribution in [0.25, 0.3) is 0 Å². The first kappa shape index (κ1) is 17.6. The van der Waals surface area contributed by atoms with Crippen LogP contribution in [0.5, 0.6) is 0 Å². The molecule has 8 heteroatoms. The number of carbonyl (C=O) groups is 1. The average molecular weight is 300 g/mol. The van der Waals surface area contributed by atoms with Gasteiger partial charge in [-0.05, 0) is 13.8 Å². The molecule has 0 bridgehead atoms. The van der Waals surface area contributed by atoms with Crippen molar-refractivity contribution in [1.82, 2.24) is 14.5 Å². The zero-order chi connectivity index (χ0) is 13.2. The molecule has 0 aromatic carbocycles. The van der Waals surface area contributed by atoms with Crippen LogP contribution in [0.4, 0.5) is 0 Å². The highest BCUT2D eigenvalue weighted by molar-refractivity contribution is 7.90. The standard InChI is InChI=1S/C10H21N3O3S.ClH/c1-8-7-13(6-5-11-8)17(15,16)9(2)10(14)12(3)4;/h8-9,11H,5-7H2,1-4H3;1H/t8-,9?;/m0./s1. The lowest BCUT2D eigenvalue weighted by Crippen LogP contribution is -2.54. The van der Waals surface area contributed by atoms with Gasteiger partial charge in [0.25, 0.3) is 0 Å². The summed E-state index contributed by atoms with van der Waals surface area (Å²) in [4.78, 5) is 13.0. The number of nitrogens with one attached hydrogen (secondary N) is 1. The Hall–Kier alpha value is -0.370. The highest BCUT2D eigenvalue weighted by atomic mass is 35.5. The molecule has 108 valence electrons.